The van der Waals surface area contributed by atoms with Crippen molar-refractivity contribution in [1.29, 1.82) is 0 Å². The minimum atomic E-state index is -1.23. The number of nitrogens with two attached hydrogens (primary N) is 1. The molecule has 1 aliphatic heterocycles. The van der Waals surface area contributed by atoms with Gasteiger partial charge in [-0.05, 0) is 62.4 Å². The molecule has 2 fully saturated rings. The summed E-state index contributed by atoms with van der Waals surface area (Å²) in [6, 6.07) is 8.90. The Kier molecular flexibility index (Phi) is 6.99. The fourth-order valence-electron chi connectivity index (χ4n) is 5.95. The van der Waals surface area contributed by atoms with Crippen LogP contribution < -0.4 is 10.5 Å². The second kappa shape index (κ2) is 10.4. The first kappa shape index (κ1) is 27.6. The highest BCUT2D eigenvalue weighted by molar-refractivity contribution is 6.00. The number of alkyl halides is 1. The van der Waals surface area contributed by atoms with Crippen LogP contribution in [-0.2, 0) is 23.9 Å². The average Bonchev–Trinajstić information content (AvgIpc) is 3.60. The Morgan fingerprint density at radius 1 is 1.20 bits per heavy atom. The molecule has 0 radical (unpaired) electrons. The predicted molar refractivity (Wildman–Crippen MR) is 154 cm³/mol. The van der Waals surface area contributed by atoms with Gasteiger partial charge in [0.15, 0.2) is 5.82 Å². The van der Waals surface area contributed by atoms with Crippen LogP contribution >= 0.6 is 0 Å². The molecule has 1 unspecified atom stereocenters. The van der Waals surface area contributed by atoms with Crippen LogP contribution in [0.3, 0.4) is 0 Å². The molecule has 4 heterocycles. The van der Waals surface area contributed by atoms with Gasteiger partial charge in [0.25, 0.3) is 5.91 Å². The van der Waals surface area contributed by atoms with Crippen molar-refractivity contribution in [1.82, 2.24) is 24.0 Å². The Morgan fingerprint density at radius 3 is 2.66 bits per heavy atom. The van der Waals surface area contributed by atoms with Crippen LogP contribution in [0.4, 0.5) is 4.39 Å². The van der Waals surface area contributed by atoms with Gasteiger partial charge in [-0.1, -0.05) is 0 Å². The molecule has 6 rings (SSSR count). The maximum atomic E-state index is 14.2. The summed E-state index contributed by atoms with van der Waals surface area (Å²) in [4.78, 5) is 24.7. The number of aryl methyl sites for hydroxylation is 1. The SMILES string of the molecule is COCC(C)(O)c1ccc2cc(-c3nc4cc(C(=O)N5C[C@H](N)C[C@@H](F)C5)cc(OC)c4n3C)n(CC3CC3)c2n1. The molecule has 1 aromatic carbocycles. The number of imidazole rings is 1. The number of hydrogen-bond acceptors (Lipinski definition) is 7. The van der Waals surface area contributed by atoms with E-state index in [9.17, 15) is 14.3 Å². The van der Waals surface area contributed by atoms with Gasteiger partial charge in [-0.25, -0.2) is 14.4 Å². The Bertz CT molecular complexity index is 1610. The van der Waals surface area contributed by atoms with E-state index in [-0.39, 0.29) is 25.5 Å². The zero-order valence-corrected chi connectivity index (χ0v) is 23.9. The molecular weight excluding hydrogens is 527 g/mol. The number of benzene rings is 1. The van der Waals surface area contributed by atoms with Crippen LogP contribution in [0, 0.1) is 5.92 Å². The fourth-order valence-corrected chi connectivity index (χ4v) is 5.95. The number of piperidine rings is 1. The largest absolute Gasteiger partial charge is 0.494 e. The van der Waals surface area contributed by atoms with Crippen molar-refractivity contribution in [2.24, 2.45) is 18.7 Å². The zero-order valence-electron chi connectivity index (χ0n) is 23.9. The summed E-state index contributed by atoms with van der Waals surface area (Å²) in [6.45, 7) is 2.93. The van der Waals surface area contributed by atoms with Gasteiger partial charge in [0.2, 0.25) is 0 Å². The van der Waals surface area contributed by atoms with Gasteiger partial charge in [-0.2, -0.15) is 0 Å². The number of likely N-dealkylation sites (tertiary alicyclic amines) is 1. The van der Waals surface area contributed by atoms with E-state index >= 15 is 0 Å². The quantitative estimate of drug-likeness (QED) is 0.337. The van der Waals surface area contributed by atoms with Gasteiger partial charge < -0.3 is 34.3 Å². The van der Waals surface area contributed by atoms with Crippen LogP contribution in [0.15, 0.2) is 30.3 Å². The Labute approximate surface area is 237 Å². The van der Waals surface area contributed by atoms with Crippen molar-refractivity contribution in [3.63, 3.8) is 0 Å². The lowest BCUT2D eigenvalue weighted by Crippen LogP contribution is -2.50. The van der Waals surface area contributed by atoms with Gasteiger partial charge >= 0.3 is 0 Å². The summed E-state index contributed by atoms with van der Waals surface area (Å²) in [7, 11) is 5.04. The number of nitrogens with zero attached hydrogens (tertiary/aromatic N) is 5. The molecule has 2 aliphatic rings. The second-order valence-electron chi connectivity index (χ2n) is 11.7. The number of halogens is 1. The number of amides is 1. The first-order valence-corrected chi connectivity index (χ1v) is 14.1. The number of carbonyl (C=O) groups excluding carboxylic acids is 1. The predicted octanol–water partition coefficient (Wildman–Crippen LogP) is 3.37. The van der Waals surface area contributed by atoms with Crippen molar-refractivity contribution < 1.29 is 23.8 Å². The van der Waals surface area contributed by atoms with Gasteiger partial charge in [0.1, 0.15) is 28.7 Å². The van der Waals surface area contributed by atoms with Crippen molar-refractivity contribution in [3.8, 4) is 17.3 Å². The van der Waals surface area contributed by atoms with Gasteiger partial charge in [0.05, 0.1) is 37.2 Å². The third-order valence-corrected chi connectivity index (χ3v) is 8.21. The van der Waals surface area contributed by atoms with Crippen LogP contribution in [-0.4, -0.2) is 81.1 Å². The number of fused-ring (bicyclic) bond motifs is 2. The maximum absolute atomic E-state index is 14.2. The number of ether oxygens (including phenoxy) is 2. The standard InChI is InChI=1S/C30H37FN6O4/c1-30(39,16-40-3)25-8-7-18-10-23(37(27(18)34-25)13-17-5-6-17)28-33-22-9-19(11-24(41-4)26(22)35(28)2)29(38)36-14-20(31)12-21(32)15-36/h7-11,17,20-21,39H,5-6,12-16,32H2,1-4H3/t20-,21-,30?/m1/s1. The van der Waals surface area contributed by atoms with E-state index < -0.39 is 17.8 Å². The van der Waals surface area contributed by atoms with E-state index in [2.05, 4.69) is 10.6 Å². The average molecular weight is 565 g/mol. The first-order chi connectivity index (χ1) is 19.6. The zero-order chi connectivity index (χ0) is 29.1. The Balaban J connectivity index is 1.46. The molecule has 0 spiro atoms. The number of hydrogen-bond donors (Lipinski definition) is 2. The minimum Gasteiger partial charge on any atom is -0.494 e. The molecule has 3 N–H and O–H groups in total. The Hall–Kier alpha value is -3.54. The van der Waals surface area contributed by atoms with E-state index in [4.69, 9.17) is 25.2 Å². The molecule has 3 aromatic heterocycles. The lowest BCUT2D eigenvalue weighted by molar-refractivity contribution is -0.0237. The molecular formula is C30H37FN6O4. The minimum absolute atomic E-state index is 0.0217. The molecule has 4 aromatic rings. The van der Waals surface area contributed by atoms with Crippen molar-refractivity contribution in [2.45, 2.75) is 50.5 Å². The molecule has 218 valence electrons. The smallest absolute Gasteiger partial charge is 0.254 e. The number of rotatable bonds is 8. The highest BCUT2D eigenvalue weighted by atomic mass is 19.1. The van der Waals surface area contributed by atoms with Crippen molar-refractivity contribution in [2.75, 3.05) is 33.9 Å². The molecule has 1 saturated heterocycles. The van der Waals surface area contributed by atoms with E-state index in [0.29, 0.717) is 40.8 Å². The molecule has 1 aliphatic carbocycles. The summed E-state index contributed by atoms with van der Waals surface area (Å²) in [5, 5.41) is 11.9. The lowest BCUT2D eigenvalue weighted by atomic mass is 10.0. The number of methoxy groups -OCH3 is 2. The number of pyridine rings is 1. The summed E-state index contributed by atoms with van der Waals surface area (Å²) < 4.78 is 29.3. The molecule has 11 heteroatoms. The van der Waals surface area contributed by atoms with Gasteiger partial charge in [0, 0.05) is 44.2 Å². The summed E-state index contributed by atoms with van der Waals surface area (Å²) in [5.74, 6) is 1.47. The van der Waals surface area contributed by atoms with Gasteiger partial charge in [-0.15, -0.1) is 0 Å². The number of aliphatic hydroxyl groups is 1. The lowest BCUT2D eigenvalue weighted by Gasteiger charge is -2.33. The fraction of sp³-hybridized carbons (Fsp3) is 0.500. The topological polar surface area (TPSA) is 121 Å². The van der Waals surface area contributed by atoms with Crippen LogP contribution in [0.1, 0.15) is 42.2 Å². The third kappa shape index (κ3) is 5.06. The second-order valence-corrected chi connectivity index (χ2v) is 11.7. The summed E-state index contributed by atoms with van der Waals surface area (Å²) in [6.07, 6.45) is 1.42. The molecule has 3 atom stereocenters. The highest BCUT2D eigenvalue weighted by Crippen LogP contribution is 2.38. The van der Waals surface area contributed by atoms with Crippen LogP contribution in [0.2, 0.25) is 0 Å². The highest BCUT2D eigenvalue weighted by Gasteiger charge is 2.31. The number of carbonyl (C=O) groups is 1. The molecule has 1 amide bonds. The molecule has 1 saturated carbocycles. The first-order valence-electron chi connectivity index (χ1n) is 14.1. The normalized spacial score (nSPS) is 21.0. The summed E-state index contributed by atoms with van der Waals surface area (Å²) >= 11 is 0. The number of aromatic nitrogens is 4. The molecule has 41 heavy (non-hydrogen) atoms. The monoisotopic (exact) mass is 564 g/mol. The van der Waals surface area contributed by atoms with E-state index in [1.54, 1.807) is 33.3 Å². The summed E-state index contributed by atoms with van der Waals surface area (Å²) in [5.41, 5.74) is 8.70. The van der Waals surface area contributed by atoms with Crippen LogP contribution in [0.5, 0.6) is 5.75 Å². The van der Waals surface area contributed by atoms with Crippen molar-refractivity contribution in [3.05, 3.63) is 41.6 Å². The van der Waals surface area contributed by atoms with Crippen LogP contribution in [0.25, 0.3) is 33.6 Å². The maximum Gasteiger partial charge on any atom is 0.254 e. The van der Waals surface area contributed by atoms with Gasteiger partial charge in [-0.3, -0.25) is 4.79 Å². The van der Waals surface area contributed by atoms with E-state index in [1.807, 2.05) is 23.7 Å². The van der Waals surface area contributed by atoms with Crippen molar-refractivity contribution >= 4 is 28.0 Å². The van der Waals surface area contributed by atoms with E-state index in [1.165, 1.54) is 4.90 Å². The third-order valence-electron chi connectivity index (χ3n) is 8.21. The molecule has 0 bridgehead atoms. The Morgan fingerprint density at radius 2 is 1.98 bits per heavy atom. The van der Waals surface area contributed by atoms with E-state index in [0.717, 1.165) is 41.6 Å². The molecule has 10 nitrogen and oxygen atoms in total.